The van der Waals surface area contributed by atoms with Crippen molar-refractivity contribution in [2.45, 2.75) is 20.0 Å². The highest BCUT2D eigenvalue weighted by Crippen LogP contribution is 2.22. The number of nitro benzene ring substituents is 1. The van der Waals surface area contributed by atoms with E-state index in [0.29, 0.717) is 5.89 Å². The largest absolute Gasteiger partial charge is 0.451 e. The van der Waals surface area contributed by atoms with Gasteiger partial charge in [-0.2, -0.15) is 0 Å². The molecule has 1 atom stereocenters. The predicted octanol–water partition coefficient (Wildman–Crippen LogP) is 2.99. The van der Waals surface area contributed by atoms with E-state index in [1.807, 2.05) is 31.2 Å². The quantitative estimate of drug-likeness (QED) is 0.356. The lowest BCUT2D eigenvalue weighted by molar-refractivity contribution is -0.384. The first-order valence-electron chi connectivity index (χ1n) is 8.96. The molecule has 1 N–H and O–H groups in total. The maximum Gasteiger partial charge on any atom is 0.326 e. The highest BCUT2D eigenvalue weighted by molar-refractivity contribution is 5.96. The number of amides is 1. The Bertz CT molecular complexity index is 1080. The summed E-state index contributed by atoms with van der Waals surface area (Å²) in [4.78, 5) is 34.3. The number of nitrogens with one attached hydrogen (secondary N) is 1. The van der Waals surface area contributed by atoms with Gasteiger partial charge < -0.3 is 14.5 Å². The van der Waals surface area contributed by atoms with E-state index in [9.17, 15) is 19.7 Å². The number of aryl methyl sites for hydroxylation is 1. The van der Waals surface area contributed by atoms with Gasteiger partial charge >= 0.3 is 5.97 Å². The van der Waals surface area contributed by atoms with Crippen LogP contribution in [0.1, 0.15) is 34.8 Å². The first kappa shape index (κ1) is 20.6. The number of rotatable bonds is 7. The number of nitro groups is 1. The van der Waals surface area contributed by atoms with Crippen LogP contribution in [0.4, 0.5) is 5.69 Å². The van der Waals surface area contributed by atoms with Crippen LogP contribution >= 0.6 is 0 Å². The maximum absolute atomic E-state index is 12.1. The SMILES string of the molecule is Cc1ccc(-c2nnc([C@@H](C)OC(=O)CNC(=O)c3cccc([N+](=O)[O-])c3)o2)cc1. The van der Waals surface area contributed by atoms with Gasteiger partial charge in [-0.25, -0.2) is 0 Å². The van der Waals surface area contributed by atoms with E-state index in [0.717, 1.165) is 17.2 Å². The zero-order valence-corrected chi connectivity index (χ0v) is 16.2. The topological polar surface area (TPSA) is 137 Å². The van der Waals surface area contributed by atoms with Gasteiger partial charge in [0.05, 0.1) is 4.92 Å². The van der Waals surface area contributed by atoms with Crippen molar-refractivity contribution in [1.82, 2.24) is 15.5 Å². The van der Waals surface area contributed by atoms with E-state index >= 15 is 0 Å². The molecule has 0 saturated heterocycles. The van der Waals surface area contributed by atoms with E-state index in [-0.39, 0.29) is 17.1 Å². The number of esters is 1. The Kier molecular flexibility index (Phi) is 6.16. The zero-order valence-electron chi connectivity index (χ0n) is 16.2. The molecule has 1 aromatic heterocycles. The Morgan fingerprint density at radius 2 is 1.93 bits per heavy atom. The molecule has 0 unspecified atom stereocenters. The summed E-state index contributed by atoms with van der Waals surface area (Å²) >= 11 is 0. The van der Waals surface area contributed by atoms with E-state index in [2.05, 4.69) is 15.5 Å². The Balaban J connectivity index is 1.55. The fourth-order valence-electron chi connectivity index (χ4n) is 2.52. The Morgan fingerprint density at radius 3 is 2.63 bits per heavy atom. The second-order valence-electron chi connectivity index (χ2n) is 6.43. The third-order valence-electron chi connectivity index (χ3n) is 4.11. The molecule has 0 radical (unpaired) electrons. The molecule has 3 rings (SSSR count). The van der Waals surface area contributed by atoms with Gasteiger partial charge in [-0.15, -0.1) is 10.2 Å². The van der Waals surface area contributed by atoms with E-state index in [1.165, 1.54) is 18.2 Å². The first-order valence-corrected chi connectivity index (χ1v) is 8.96. The van der Waals surface area contributed by atoms with Crippen molar-refractivity contribution in [3.63, 3.8) is 0 Å². The molecule has 0 aliphatic heterocycles. The van der Waals surface area contributed by atoms with Crippen molar-refractivity contribution in [1.29, 1.82) is 0 Å². The maximum atomic E-state index is 12.1. The fourth-order valence-corrected chi connectivity index (χ4v) is 2.52. The molecule has 0 spiro atoms. The molecule has 1 amide bonds. The van der Waals surface area contributed by atoms with Crippen LogP contribution in [-0.2, 0) is 9.53 Å². The molecule has 10 nitrogen and oxygen atoms in total. The third-order valence-corrected chi connectivity index (χ3v) is 4.11. The van der Waals surface area contributed by atoms with Crippen molar-refractivity contribution >= 4 is 17.6 Å². The van der Waals surface area contributed by atoms with Crippen LogP contribution in [0.5, 0.6) is 0 Å². The molecule has 3 aromatic rings. The summed E-state index contributed by atoms with van der Waals surface area (Å²) in [5.41, 5.74) is 1.67. The minimum atomic E-state index is -0.820. The van der Waals surface area contributed by atoms with Crippen molar-refractivity contribution in [2.24, 2.45) is 0 Å². The number of carbonyl (C=O) groups is 2. The number of hydrogen-bond acceptors (Lipinski definition) is 8. The molecular weight excluding hydrogens is 392 g/mol. The third kappa shape index (κ3) is 5.04. The molecule has 0 aliphatic rings. The van der Waals surface area contributed by atoms with Gasteiger partial charge in [-0.05, 0) is 32.0 Å². The summed E-state index contributed by atoms with van der Waals surface area (Å²) in [6.45, 7) is 3.10. The summed E-state index contributed by atoms with van der Waals surface area (Å²) in [5, 5.41) is 21.0. The number of carbonyl (C=O) groups excluding carboxylic acids is 2. The fraction of sp³-hybridized carbons (Fsp3) is 0.200. The second kappa shape index (κ2) is 8.95. The first-order chi connectivity index (χ1) is 14.3. The van der Waals surface area contributed by atoms with Crippen molar-refractivity contribution < 1.29 is 23.7 Å². The van der Waals surface area contributed by atoms with Gasteiger partial charge in [0.2, 0.25) is 5.89 Å². The van der Waals surface area contributed by atoms with Gasteiger partial charge in [0.1, 0.15) is 6.54 Å². The molecule has 0 bridgehead atoms. The lowest BCUT2D eigenvalue weighted by atomic mass is 10.1. The van der Waals surface area contributed by atoms with Crippen LogP contribution in [0.15, 0.2) is 52.9 Å². The minimum absolute atomic E-state index is 0.0599. The monoisotopic (exact) mass is 410 g/mol. The van der Waals surface area contributed by atoms with E-state index in [1.54, 1.807) is 6.92 Å². The average Bonchev–Trinajstić information content (AvgIpc) is 3.23. The Hall–Kier alpha value is -4.08. The lowest BCUT2D eigenvalue weighted by Crippen LogP contribution is -2.31. The van der Waals surface area contributed by atoms with Crippen LogP contribution in [-0.4, -0.2) is 33.5 Å². The summed E-state index contributed by atoms with van der Waals surface area (Å²) in [6.07, 6.45) is -0.820. The normalized spacial score (nSPS) is 11.5. The average molecular weight is 410 g/mol. The summed E-state index contributed by atoms with van der Waals surface area (Å²) in [6, 6.07) is 12.7. The molecular formula is C20H18N4O6. The molecule has 154 valence electrons. The second-order valence-corrected chi connectivity index (χ2v) is 6.43. The van der Waals surface area contributed by atoms with Crippen molar-refractivity contribution in [2.75, 3.05) is 6.54 Å². The molecule has 30 heavy (non-hydrogen) atoms. The smallest absolute Gasteiger partial charge is 0.326 e. The predicted molar refractivity (Wildman–Crippen MR) is 104 cm³/mol. The number of aromatic nitrogens is 2. The molecule has 10 heteroatoms. The highest BCUT2D eigenvalue weighted by Gasteiger charge is 2.20. The van der Waals surface area contributed by atoms with Gasteiger partial charge in [-0.1, -0.05) is 23.8 Å². The van der Waals surface area contributed by atoms with Crippen molar-refractivity contribution in [3.8, 4) is 11.5 Å². The van der Waals surface area contributed by atoms with Crippen LogP contribution in [0, 0.1) is 17.0 Å². The number of nitrogens with zero attached hydrogens (tertiary/aromatic N) is 3. The minimum Gasteiger partial charge on any atom is -0.451 e. The van der Waals surface area contributed by atoms with Gasteiger partial charge in [0.15, 0.2) is 6.10 Å². The van der Waals surface area contributed by atoms with Crippen LogP contribution < -0.4 is 5.32 Å². The van der Waals surface area contributed by atoms with Gasteiger partial charge in [0.25, 0.3) is 17.5 Å². The summed E-state index contributed by atoms with van der Waals surface area (Å²) in [5.74, 6) is -0.949. The van der Waals surface area contributed by atoms with Gasteiger partial charge in [0, 0.05) is 23.3 Å². The van der Waals surface area contributed by atoms with Crippen LogP contribution in [0.2, 0.25) is 0 Å². The Morgan fingerprint density at radius 1 is 1.20 bits per heavy atom. The zero-order chi connectivity index (χ0) is 21.7. The van der Waals surface area contributed by atoms with E-state index in [4.69, 9.17) is 9.15 Å². The van der Waals surface area contributed by atoms with E-state index < -0.39 is 29.4 Å². The Labute approximate surface area is 171 Å². The number of hydrogen-bond donors (Lipinski definition) is 1. The molecule has 0 fully saturated rings. The molecule has 1 heterocycles. The van der Waals surface area contributed by atoms with Crippen LogP contribution in [0.3, 0.4) is 0 Å². The number of non-ortho nitro benzene ring substituents is 1. The molecule has 0 saturated carbocycles. The standard InChI is InChI=1S/C20H18N4O6/c1-12-6-8-14(9-7-12)20-23-22-19(30-20)13(2)29-17(25)11-21-18(26)15-4-3-5-16(10-15)24(27)28/h3-10,13H,11H2,1-2H3,(H,21,26)/t13-/m1/s1. The molecule has 0 aliphatic carbocycles. The molecule has 2 aromatic carbocycles. The highest BCUT2D eigenvalue weighted by atomic mass is 16.6. The summed E-state index contributed by atoms with van der Waals surface area (Å²) in [7, 11) is 0. The summed E-state index contributed by atoms with van der Waals surface area (Å²) < 4.78 is 10.7. The lowest BCUT2D eigenvalue weighted by Gasteiger charge is -2.10. The van der Waals surface area contributed by atoms with Crippen LogP contribution in [0.25, 0.3) is 11.5 Å². The van der Waals surface area contributed by atoms with Gasteiger partial charge in [-0.3, -0.25) is 19.7 Å². The number of benzene rings is 2. The number of ether oxygens (including phenoxy) is 1. The van der Waals surface area contributed by atoms with Crippen molar-refractivity contribution in [3.05, 3.63) is 75.7 Å².